The molecule has 0 radical (unpaired) electrons. The normalized spacial score (nSPS) is 10.3. The highest BCUT2D eigenvalue weighted by molar-refractivity contribution is 5.66. The van der Waals surface area contributed by atoms with E-state index < -0.39 is 5.97 Å². The third-order valence-corrected chi connectivity index (χ3v) is 2.39. The Morgan fingerprint density at radius 2 is 2.33 bits per heavy atom. The van der Waals surface area contributed by atoms with Crippen LogP contribution in [0.3, 0.4) is 0 Å². The van der Waals surface area contributed by atoms with E-state index in [2.05, 4.69) is 15.5 Å². The lowest BCUT2D eigenvalue weighted by Crippen LogP contribution is -2.13. The first-order valence-electron chi connectivity index (χ1n) is 5.29. The summed E-state index contributed by atoms with van der Waals surface area (Å²) in [5, 5.41) is 19.7. The van der Waals surface area contributed by atoms with Gasteiger partial charge in [-0.05, 0) is 28.1 Å². The fourth-order valence-corrected chi connectivity index (χ4v) is 1.57. The molecule has 1 aromatic heterocycles. The predicted molar refractivity (Wildman–Crippen MR) is 61.3 cm³/mol. The number of carboxylic acid groups (broad SMARTS) is 1. The van der Waals surface area contributed by atoms with Crippen molar-refractivity contribution < 1.29 is 14.6 Å². The number of hydrogen-bond acceptors (Lipinski definition) is 5. The SMILES string of the molecule is COc1cccc(Cc2nnnn2CC(=O)O)c1. The molecule has 1 heterocycles. The van der Waals surface area contributed by atoms with Crippen LogP contribution in [0, 0.1) is 0 Å². The maximum Gasteiger partial charge on any atom is 0.325 e. The molecule has 0 amide bonds. The Balaban J connectivity index is 2.17. The summed E-state index contributed by atoms with van der Waals surface area (Å²) in [6.45, 7) is -0.244. The van der Waals surface area contributed by atoms with Crippen molar-refractivity contribution in [2.24, 2.45) is 0 Å². The van der Waals surface area contributed by atoms with Crippen molar-refractivity contribution in [1.82, 2.24) is 20.2 Å². The summed E-state index contributed by atoms with van der Waals surface area (Å²) < 4.78 is 6.38. The molecule has 2 aromatic rings. The van der Waals surface area contributed by atoms with Crippen LogP contribution in [-0.4, -0.2) is 38.4 Å². The lowest BCUT2D eigenvalue weighted by molar-refractivity contribution is -0.138. The lowest BCUT2D eigenvalue weighted by Gasteiger charge is -2.04. The molecule has 18 heavy (non-hydrogen) atoms. The van der Waals surface area contributed by atoms with Gasteiger partial charge in [0.05, 0.1) is 7.11 Å². The molecular formula is C11H12N4O3. The number of methoxy groups -OCH3 is 1. The van der Waals surface area contributed by atoms with Gasteiger partial charge in [-0.2, -0.15) is 0 Å². The molecule has 0 fully saturated rings. The molecule has 0 saturated heterocycles. The highest BCUT2D eigenvalue weighted by atomic mass is 16.5. The number of rotatable bonds is 5. The molecule has 7 heteroatoms. The molecule has 0 bridgehead atoms. The van der Waals surface area contributed by atoms with Gasteiger partial charge in [-0.15, -0.1) is 5.10 Å². The van der Waals surface area contributed by atoms with Gasteiger partial charge in [0.25, 0.3) is 0 Å². The first-order valence-corrected chi connectivity index (χ1v) is 5.29. The average Bonchev–Trinajstić information content (AvgIpc) is 2.76. The quantitative estimate of drug-likeness (QED) is 0.821. The van der Waals surface area contributed by atoms with E-state index in [1.54, 1.807) is 7.11 Å². The number of ether oxygens (including phenoxy) is 1. The Morgan fingerprint density at radius 1 is 1.50 bits per heavy atom. The minimum Gasteiger partial charge on any atom is -0.497 e. The zero-order chi connectivity index (χ0) is 13.0. The summed E-state index contributed by atoms with van der Waals surface area (Å²) >= 11 is 0. The van der Waals surface area contributed by atoms with Crippen LogP contribution in [-0.2, 0) is 17.8 Å². The number of benzene rings is 1. The van der Waals surface area contributed by atoms with Gasteiger partial charge in [0.1, 0.15) is 12.3 Å². The van der Waals surface area contributed by atoms with Crippen LogP contribution in [0.25, 0.3) is 0 Å². The fraction of sp³-hybridized carbons (Fsp3) is 0.273. The van der Waals surface area contributed by atoms with Crippen LogP contribution in [0.4, 0.5) is 0 Å². The lowest BCUT2D eigenvalue weighted by atomic mass is 10.1. The fourth-order valence-electron chi connectivity index (χ4n) is 1.57. The largest absolute Gasteiger partial charge is 0.497 e. The molecule has 1 N–H and O–H groups in total. The highest BCUT2D eigenvalue weighted by Crippen LogP contribution is 2.14. The zero-order valence-corrected chi connectivity index (χ0v) is 9.78. The number of nitrogens with zero attached hydrogens (tertiary/aromatic N) is 4. The van der Waals surface area contributed by atoms with Crippen molar-refractivity contribution >= 4 is 5.97 Å². The Morgan fingerprint density at radius 3 is 3.06 bits per heavy atom. The summed E-state index contributed by atoms with van der Waals surface area (Å²) in [5.74, 6) is 0.268. The third-order valence-electron chi connectivity index (χ3n) is 2.39. The van der Waals surface area contributed by atoms with E-state index in [1.807, 2.05) is 24.3 Å². The molecule has 7 nitrogen and oxygen atoms in total. The summed E-state index contributed by atoms with van der Waals surface area (Å²) in [6.07, 6.45) is 0.456. The van der Waals surface area contributed by atoms with E-state index >= 15 is 0 Å². The maximum atomic E-state index is 10.6. The molecule has 0 spiro atoms. The average molecular weight is 248 g/mol. The Labute approximate surface area is 103 Å². The number of carboxylic acids is 1. The molecule has 0 aliphatic rings. The van der Waals surface area contributed by atoms with Gasteiger partial charge in [-0.1, -0.05) is 12.1 Å². The molecule has 0 unspecified atom stereocenters. The highest BCUT2D eigenvalue weighted by Gasteiger charge is 2.10. The Hall–Kier alpha value is -2.44. The van der Waals surface area contributed by atoms with Crippen molar-refractivity contribution in [3.05, 3.63) is 35.7 Å². The van der Waals surface area contributed by atoms with E-state index in [9.17, 15) is 4.79 Å². The van der Waals surface area contributed by atoms with Crippen LogP contribution in [0.15, 0.2) is 24.3 Å². The van der Waals surface area contributed by atoms with Gasteiger partial charge in [0.2, 0.25) is 0 Å². The second-order valence-electron chi connectivity index (χ2n) is 3.67. The first kappa shape index (κ1) is 12.0. The first-order chi connectivity index (χ1) is 8.69. The Kier molecular flexibility index (Phi) is 3.52. The van der Waals surface area contributed by atoms with Crippen molar-refractivity contribution in [3.63, 3.8) is 0 Å². The molecule has 0 atom stereocenters. The molecular weight excluding hydrogens is 236 g/mol. The van der Waals surface area contributed by atoms with E-state index in [0.717, 1.165) is 11.3 Å². The van der Waals surface area contributed by atoms with E-state index in [-0.39, 0.29) is 6.54 Å². The number of carbonyl (C=O) groups is 1. The number of hydrogen-bond donors (Lipinski definition) is 1. The van der Waals surface area contributed by atoms with Gasteiger partial charge in [0.15, 0.2) is 5.82 Å². The van der Waals surface area contributed by atoms with Crippen LogP contribution < -0.4 is 4.74 Å². The maximum absolute atomic E-state index is 10.6. The summed E-state index contributed by atoms with van der Waals surface area (Å²) in [7, 11) is 1.59. The van der Waals surface area contributed by atoms with Gasteiger partial charge >= 0.3 is 5.97 Å². The molecule has 1 aromatic carbocycles. The summed E-state index contributed by atoms with van der Waals surface area (Å²) in [6, 6.07) is 7.46. The van der Waals surface area contributed by atoms with Gasteiger partial charge in [0, 0.05) is 6.42 Å². The van der Waals surface area contributed by atoms with Crippen LogP contribution in [0.1, 0.15) is 11.4 Å². The van der Waals surface area contributed by atoms with E-state index in [1.165, 1.54) is 4.68 Å². The summed E-state index contributed by atoms with van der Waals surface area (Å²) in [5.41, 5.74) is 0.954. The number of tetrazole rings is 1. The minimum atomic E-state index is -0.978. The van der Waals surface area contributed by atoms with Crippen molar-refractivity contribution in [1.29, 1.82) is 0 Å². The van der Waals surface area contributed by atoms with Crippen LogP contribution >= 0.6 is 0 Å². The van der Waals surface area contributed by atoms with Gasteiger partial charge < -0.3 is 9.84 Å². The van der Waals surface area contributed by atoms with E-state index in [4.69, 9.17) is 9.84 Å². The molecule has 94 valence electrons. The summed E-state index contributed by atoms with van der Waals surface area (Å²) in [4.78, 5) is 10.6. The number of aromatic nitrogens is 4. The second kappa shape index (κ2) is 5.26. The smallest absolute Gasteiger partial charge is 0.325 e. The van der Waals surface area contributed by atoms with Crippen LogP contribution in [0.2, 0.25) is 0 Å². The topological polar surface area (TPSA) is 90.1 Å². The van der Waals surface area contributed by atoms with Crippen molar-refractivity contribution in [2.75, 3.05) is 7.11 Å². The van der Waals surface area contributed by atoms with Gasteiger partial charge in [-0.3, -0.25) is 4.79 Å². The van der Waals surface area contributed by atoms with E-state index in [0.29, 0.717) is 12.2 Å². The van der Waals surface area contributed by atoms with Gasteiger partial charge in [-0.25, -0.2) is 4.68 Å². The molecule has 0 saturated carbocycles. The molecule has 0 aliphatic carbocycles. The van der Waals surface area contributed by atoms with Crippen LogP contribution in [0.5, 0.6) is 5.75 Å². The zero-order valence-electron chi connectivity index (χ0n) is 9.78. The van der Waals surface area contributed by atoms with Crippen molar-refractivity contribution in [3.8, 4) is 5.75 Å². The number of aliphatic carboxylic acids is 1. The second-order valence-corrected chi connectivity index (χ2v) is 3.67. The van der Waals surface area contributed by atoms with Crippen molar-refractivity contribution in [2.45, 2.75) is 13.0 Å². The Bertz CT molecular complexity index is 553. The molecule has 2 rings (SSSR count). The minimum absolute atomic E-state index is 0.244. The third kappa shape index (κ3) is 2.82. The standard InChI is InChI=1S/C11H12N4O3/c1-18-9-4-2-3-8(5-9)6-10-12-13-14-15(10)7-11(16)17/h2-5H,6-7H2,1H3,(H,16,17). The monoisotopic (exact) mass is 248 g/mol. The predicted octanol–water partition coefficient (Wildman–Crippen LogP) is 0.357. The molecule has 0 aliphatic heterocycles.